The van der Waals surface area contributed by atoms with Gasteiger partial charge in [0.2, 0.25) is 0 Å². The molecular formula is C15H21N3O2. The average molecular weight is 275 g/mol. The maximum atomic E-state index is 5.57. The van der Waals surface area contributed by atoms with Crippen LogP contribution >= 0.6 is 0 Å². The number of imidazole rings is 1. The molecule has 5 nitrogen and oxygen atoms in total. The summed E-state index contributed by atoms with van der Waals surface area (Å²) in [6.07, 6.45) is 4.49. The fourth-order valence-corrected chi connectivity index (χ4v) is 1.98. The maximum Gasteiger partial charge on any atom is 0.161 e. The number of ether oxygens (including phenoxy) is 2. The first kappa shape index (κ1) is 14.4. The number of nitrogens with one attached hydrogen (secondary N) is 2. The van der Waals surface area contributed by atoms with Gasteiger partial charge in [-0.3, -0.25) is 0 Å². The standard InChI is InChI=1S/C15H21N3O2/c1-3-20-15-8-12(4-5-14(15)19-2)9-16-7-6-13-10-17-11-18-13/h4-5,8,10-11,16H,3,6-7,9H2,1-2H3,(H,17,18). The number of nitrogens with zero attached hydrogens (tertiary/aromatic N) is 1. The number of hydrogen-bond donors (Lipinski definition) is 2. The van der Waals surface area contributed by atoms with E-state index in [-0.39, 0.29) is 0 Å². The van der Waals surface area contributed by atoms with E-state index in [1.54, 1.807) is 13.4 Å². The van der Waals surface area contributed by atoms with E-state index >= 15 is 0 Å². The van der Waals surface area contributed by atoms with Crippen LogP contribution in [-0.4, -0.2) is 30.2 Å². The highest BCUT2D eigenvalue weighted by molar-refractivity contribution is 5.42. The van der Waals surface area contributed by atoms with Crippen LogP contribution in [0.4, 0.5) is 0 Å². The van der Waals surface area contributed by atoms with E-state index in [1.807, 2.05) is 31.3 Å². The fourth-order valence-electron chi connectivity index (χ4n) is 1.98. The molecule has 0 saturated carbocycles. The minimum Gasteiger partial charge on any atom is -0.493 e. The van der Waals surface area contributed by atoms with Gasteiger partial charge in [-0.2, -0.15) is 0 Å². The average Bonchev–Trinajstić information content (AvgIpc) is 2.97. The molecule has 2 N–H and O–H groups in total. The number of rotatable bonds is 8. The van der Waals surface area contributed by atoms with E-state index in [4.69, 9.17) is 9.47 Å². The highest BCUT2D eigenvalue weighted by atomic mass is 16.5. The molecule has 108 valence electrons. The van der Waals surface area contributed by atoms with Crippen LogP contribution in [-0.2, 0) is 13.0 Å². The van der Waals surface area contributed by atoms with Crippen LogP contribution in [0, 0.1) is 0 Å². The van der Waals surface area contributed by atoms with Crippen LogP contribution < -0.4 is 14.8 Å². The third-order valence-electron chi connectivity index (χ3n) is 2.98. The summed E-state index contributed by atoms with van der Waals surface area (Å²) in [6, 6.07) is 6.01. The molecule has 0 fully saturated rings. The summed E-state index contributed by atoms with van der Waals surface area (Å²) in [7, 11) is 1.65. The molecule has 0 radical (unpaired) electrons. The molecule has 0 aliphatic rings. The van der Waals surface area contributed by atoms with Gasteiger partial charge < -0.3 is 19.8 Å². The van der Waals surface area contributed by atoms with Gasteiger partial charge >= 0.3 is 0 Å². The predicted molar refractivity (Wildman–Crippen MR) is 78.2 cm³/mol. The molecule has 0 bridgehead atoms. The summed E-state index contributed by atoms with van der Waals surface area (Å²) in [5.41, 5.74) is 2.32. The quantitative estimate of drug-likeness (QED) is 0.725. The van der Waals surface area contributed by atoms with E-state index < -0.39 is 0 Å². The molecule has 2 rings (SSSR count). The fraction of sp³-hybridized carbons (Fsp3) is 0.400. The number of hydrogen-bond acceptors (Lipinski definition) is 4. The molecule has 0 amide bonds. The number of H-pyrrole nitrogens is 1. The van der Waals surface area contributed by atoms with Crippen molar-refractivity contribution < 1.29 is 9.47 Å². The first-order chi connectivity index (χ1) is 9.83. The SMILES string of the molecule is CCOc1cc(CNCCc2cnc[nH]2)ccc1OC. The van der Waals surface area contributed by atoms with Crippen molar-refractivity contribution in [2.45, 2.75) is 19.9 Å². The van der Waals surface area contributed by atoms with Crippen molar-refractivity contribution in [3.05, 3.63) is 42.0 Å². The van der Waals surface area contributed by atoms with Gasteiger partial charge in [0.25, 0.3) is 0 Å². The highest BCUT2D eigenvalue weighted by Crippen LogP contribution is 2.27. The molecule has 5 heteroatoms. The largest absolute Gasteiger partial charge is 0.493 e. The van der Waals surface area contributed by atoms with Crippen LogP contribution in [0.2, 0.25) is 0 Å². The Morgan fingerprint density at radius 2 is 2.20 bits per heavy atom. The number of aromatic nitrogens is 2. The lowest BCUT2D eigenvalue weighted by atomic mass is 10.2. The molecule has 0 aliphatic carbocycles. The molecule has 2 aromatic rings. The maximum absolute atomic E-state index is 5.57. The summed E-state index contributed by atoms with van der Waals surface area (Å²) in [4.78, 5) is 7.09. The third kappa shape index (κ3) is 3.99. The summed E-state index contributed by atoms with van der Waals surface area (Å²) in [5.74, 6) is 1.57. The van der Waals surface area contributed by atoms with Gasteiger partial charge in [-0.15, -0.1) is 0 Å². The molecule has 1 aromatic carbocycles. The predicted octanol–water partition coefficient (Wildman–Crippen LogP) is 2.15. The van der Waals surface area contributed by atoms with Gasteiger partial charge in [-0.25, -0.2) is 4.98 Å². The first-order valence-corrected chi connectivity index (χ1v) is 6.81. The zero-order valence-corrected chi connectivity index (χ0v) is 12.0. The second kappa shape index (κ2) is 7.55. The van der Waals surface area contributed by atoms with Gasteiger partial charge in [-0.05, 0) is 24.6 Å². The molecular weight excluding hydrogens is 254 g/mol. The Morgan fingerprint density at radius 1 is 1.30 bits per heavy atom. The van der Waals surface area contributed by atoms with E-state index in [1.165, 1.54) is 5.56 Å². The zero-order chi connectivity index (χ0) is 14.2. The van der Waals surface area contributed by atoms with Crippen molar-refractivity contribution in [2.75, 3.05) is 20.3 Å². The Bertz CT molecular complexity index is 512. The Balaban J connectivity index is 1.84. The van der Waals surface area contributed by atoms with Gasteiger partial charge in [-0.1, -0.05) is 6.07 Å². The van der Waals surface area contributed by atoms with Crippen LogP contribution in [0.15, 0.2) is 30.7 Å². The van der Waals surface area contributed by atoms with Crippen LogP contribution in [0.5, 0.6) is 11.5 Å². The van der Waals surface area contributed by atoms with Crippen molar-refractivity contribution in [2.24, 2.45) is 0 Å². The molecule has 20 heavy (non-hydrogen) atoms. The van der Waals surface area contributed by atoms with E-state index in [9.17, 15) is 0 Å². The van der Waals surface area contributed by atoms with Crippen LogP contribution in [0.3, 0.4) is 0 Å². The van der Waals surface area contributed by atoms with Crippen molar-refractivity contribution in [1.29, 1.82) is 0 Å². The van der Waals surface area contributed by atoms with Crippen molar-refractivity contribution in [3.8, 4) is 11.5 Å². The van der Waals surface area contributed by atoms with Gasteiger partial charge in [0, 0.05) is 31.4 Å². The molecule has 1 aromatic heterocycles. The second-order valence-corrected chi connectivity index (χ2v) is 4.42. The van der Waals surface area contributed by atoms with Crippen molar-refractivity contribution in [1.82, 2.24) is 15.3 Å². The summed E-state index contributed by atoms with van der Waals surface area (Å²) >= 11 is 0. The lowest BCUT2D eigenvalue weighted by Crippen LogP contribution is -2.16. The third-order valence-corrected chi connectivity index (χ3v) is 2.98. The molecule has 0 atom stereocenters. The lowest BCUT2D eigenvalue weighted by Gasteiger charge is -2.11. The number of benzene rings is 1. The summed E-state index contributed by atoms with van der Waals surface area (Å²) in [6.45, 7) is 4.30. The number of aromatic amines is 1. The zero-order valence-electron chi connectivity index (χ0n) is 12.0. The number of methoxy groups -OCH3 is 1. The van der Waals surface area contributed by atoms with Gasteiger partial charge in [0.1, 0.15) is 0 Å². The minimum absolute atomic E-state index is 0.632. The van der Waals surface area contributed by atoms with Gasteiger partial charge in [0.05, 0.1) is 20.0 Å². The normalized spacial score (nSPS) is 10.5. The Morgan fingerprint density at radius 3 is 2.90 bits per heavy atom. The lowest BCUT2D eigenvalue weighted by molar-refractivity contribution is 0.310. The molecule has 0 aliphatic heterocycles. The molecule has 0 spiro atoms. The second-order valence-electron chi connectivity index (χ2n) is 4.42. The monoisotopic (exact) mass is 275 g/mol. The Kier molecular flexibility index (Phi) is 5.43. The minimum atomic E-state index is 0.632. The smallest absolute Gasteiger partial charge is 0.161 e. The molecule has 1 heterocycles. The topological polar surface area (TPSA) is 59.2 Å². The van der Waals surface area contributed by atoms with E-state index in [0.29, 0.717) is 6.61 Å². The van der Waals surface area contributed by atoms with Crippen LogP contribution in [0.25, 0.3) is 0 Å². The first-order valence-electron chi connectivity index (χ1n) is 6.81. The van der Waals surface area contributed by atoms with E-state index in [0.717, 1.165) is 36.7 Å². The van der Waals surface area contributed by atoms with Crippen molar-refractivity contribution in [3.63, 3.8) is 0 Å². The Labute approximate surface area is 119 Å². The summed E-state index contributed by atoms with van der Waals surface area (Å²) in [5, 5.41) is 3.40. The van der Waals surface area contributed by atoms with Crippen LogP contribution in [0.1, 0.15) is 18.2 Å². The van der Waals surface area contributed by atoms with E-state index in [2.05, 4.69) is 15.3 Å². The summed E-state index contributed by atoms with van der Waals surface area (Å²) < 4.78 is 10.8. The highest BCUT2D eigenvalue weighted by Gasteiger charge is 2.05. The van der Waals surface area contributed by atoms with Crippen molar-refractivity contribution >= 4 is 0 Å². The Hall–Kier alpha value is -2.01. The molecule has 0 saturated heterocycles. The molecule has 0 unspecified atom stereocenters. The van der Waals surface area contributed by atoms with Gasteiger partial charge in [0.15, 0.2) is 11.5 Å².